The van der Waals surface area contributed by atoms with Crippen molar-refractivity contribution in [2.75, 3.05) is 17.6 Å². The van der Waals surface area contributed by atoms with Gasteiger partial charge in [0, 0.05) is 13.6 Å². The van der Waals surface area contributed by atoms with Crippen molar-refractivity contribution in [1.82, 2.24) is 4.90 Å². The average Bonchev–Trinajstić information content (AvgIpc) is 2.75. The van der Waals surface area contributed by atoms with Gasteiger partial charge < -0.3 is 9.64 Å². The summed E-state index contributed by atoms with van der Waals surface area (Å²) in [5, 5.41) is 0. The molecule has 0 heterocycles. The number of amides is 1. The fourth-order valence-electron chi connectivity index (χ4n) is 3.34. The van der Waals surface area contributed by atoms with Crippen LogP contribution in [0.4, 0.5) is 5.69 Å². The number of likely N-dealkylation sites (N-methyl/N-ethyl adjacent to an activating group) is 1. The highest BCUT2D eigenvalue weighted by Crippen LogP contribution is 2.27. The molecule has 0 radical (unpaired) electrons. The van der Waals surface area contributed by atoms with Crippen molar-refractivity contribution in [2.24, 2.45) is 0 Å². The Labute approximate surface area is 183 Å². The molecule has 0 unspecified atom stereocenters. The number of ether oxygens (including phenoxy) is 1. The zero-order chi connectivity index (χ0) is 22.4. The van der Waals surface area contributed by atoms with Gasteiger partial charge in [-0.1, -0.05) is 48.5 Å². The molecule has 0 aliphatic carbocycles. The van der Waals surface area contributed by atoms with E-state index in [2.05, 4.69) is 0 Å². The van der Waals surface area contributed by atoms with Crippen LogP contribution in [-0.2, 0) is 21.4 Å². The Bertz CT molecular complexity index is 1100. The van der Waals surface area contributed by atoms with Gasteiger partial charge in [-0.15, -0.1) is 0 Å². The molecule has 3 aromatic carbocycles. The Balaban J connectivity index is 1.78. The van der Waals surface area contributed by atoms with E-state index in [9.17, 15) is 13.2 Å². The average molecular weight is 439 g/mol. The van der Waals surface area contributed by atoms with Crippen LogP contribution in [0.15, 0.2) is 84.9 Å². The molecule has 7 heteroatoms. The van der Waals surface area contributed by atoms with E-state index >= 15 is 0 Å². The van der Waals surface area contributed by atoms with E-state index in [4.69, 9.17) is 4.74 Å². The number of rotatable bonds is 8. The first-order chi connectivity index (χ1) is 14.8. The van der Waals surface area contributed by atoms with Crippen molar-refractivity contribution < 1.29 is 17.9 Å². The summed E-state index contributed by atoms with van der Waals surface area (Å²) >= 11 is 0. The second-order valence-corrected chi connectivity index (χ2v) is 9.18. The number of nitrogens with zero attached hydrogens (tertiary/aromatic N) is 2. The molecular weight excluding hydrogens is 412 g/mol. The molecule has 3 aromatic rings. The highest BCUT2D eigenvalue weighted by molar-refractivity contribution is 7.92. The van der Waals surface area contributed by atoms with E-state index in [-0.39, 0.29) is 5.91 Å². The van der Waals surface area contributed by atoms with Crippen LogP contribution in [0, 0.1) is 0 Å². The Morgan fingerprint density at radius 1 is 0.871 bits per heavy atom. The molecule has 31 heavy (non-hydrogen) atoms. The molecule has 0 N–H and O–H groups in total. The van der Waals surface area contributed by atoms with Crippen LogP contribution in [0.1, 0.15) is 12.5 Å². The van der Waals surface area contributed by atoms with Crippen molar-refractivity contribution in [1.29, 1.82) is 0 Å². The second-order valence-electron chi connectivity index (χ2n) is 7.32. The summed E-state index contributed by atoms with van der Waals surface area (Å²) in [7, 11) is -2.03. The second kappa shape index (κ2) is 9.66. The van der Waals surface area contributed by atoms with E-state index in [0.717, 1.165) is 16.1 Å². The molecule has 6 nitrogen and oxygen atoms in total. The third-order valence-corrected chi connectivity index (χ3v) is 6.02. The third kappa shape index (κ3) is 5.86. The predicted octanol–water partition coefficient (Wildman–Crippen LogP) is 4.29. The number of carbonyl (C=O) groups excluding carboxylic acids is 1. The maximum absolute atomic E-state index is 13.0. The van der Waals surface area contributed by atoms with Crippen LogP contribution >= 0.6 is 0 Å². The molecule has 0 aliphatic heterocycles. The van der Waals surface area contributed by atoms with E-state index in [0.29, 0.717) is 23.7 Å². The summed E-state index contributed by atoms with van der Waals surface area (Å²) in [6.07, 6.45) is 1.10. The molecule has 1 amide bonds. The van der Waals surface area contributed by atoms with E-state index in [1.165, 1.54) is 4.90 Å². The summed E-state index contributed by atoms with van der Waals surface area (Å²) in [5.41, 5.74) is 1.37. The van der Waals surface area contributed by atoms with Gasteiger partial charge in [0.25, 0.3) is 0 Å². The molecule has 0 spiro atoms. The minimum Gasteiger partial charge on any atom is -0.457 e. The maximum atomic E-state index is 13.0. The number of carbonyl (C=O) groups is 1. The van der Waals surface area contributed by atoms with Crippen LogP contribution in [0.2, 0.25) is 0 Å². The van der Waals surface area contributed by atoms with Gasteiger partial charge in [0.1, 0.15) is 17.5 Å². The third-order valence-electron chi connectivity index (χ3n) is 4.78. The van der Waals surface area contributed by atoms with Crippen molar-refractivity contribution in [3.63, 3.8) is 0 Å². The number of hydrogen-bond acceptors (Lipinski definition) is 4. The molecular formula is C24H26N2O4S. The lowest BCUT2D eigenvalue weighted by atomic mass is 10.2. The van der Waals surface area contributed by atoms with Crippen LogP contribution in [-0.4, -0.2) is 38.6 Å². The number of anilines is 1. The molecule has 162 valence electrons. The summed E-state index contributed by atoms with van der Waals surface area (Å²) < 4.78 is 32.0. The summed E-state index contributed by atoms with van der Waals surface area (Å²) in [6.45, 7) is 1.99. The summed E-state index contributed by atoms with van der Waals surface area (Å²) in [4.78, 5) is 14.5. The molecule has 3 rings (SSSR count). The monoisotopic (exact) mass is 438 g/mol. The highest BCUT2D eigenvalue weighted by Gasteiger charge is 2.31. The molecule has 0 aromatic heterocycles. The summed E-state index contributed by atoms with van der Waals surface area (Å²) in [5.74, 6) is 0.962. The van der Waals surface area contributed by atoms with Gasteiger partial charge in [-0.25, -0.2) is 8.42 Å². The summed E-state index contributed by atoms with van der Waals surface area (Å²) in [6, 6.07) is 24.6. The normalized spacial score (nSPS) is 12.1. The minimum atomic E-state index is -3.70. The molecule has 1 atom stereocenters. The smallest absolute Gasteiger partial charge is 0.246 e. The lowest BCUT2D eigenvalue weighted by Crippen LogP contribution is -2.48. The fourth-order valence-corrected chi connectivity index (χ4v) is 4.51. The van der Waals surface area contributed by atoms with Crippen LogP contribution < -0.4 is 9.04 Å². The van der Waals surface area contributed by atoms with E-state index in [1.54, 1.807) is 38.2 Å². The van der Waals surface area contributed by atoms with Gasteiger partial charge in [0.15, 0.2) is 0 Å². The molecule has 0 saturated heterocycles. The molecule has 0 aliphatic rings. The molecule has 0 fully saturated rings. The first-order valence-corrected chi connectivity index (χ1v) is 11.7. The Morgan fingerprint density at radius 2 is 1.39 bits per heavy atom. The number of benzene rings is 3. The highest BCUT2D eigenvalue weighted by atomic mass is 32.2. The maximum Gasteiger partial charge on any atom is 0.246 e. The van der Waals surface area contributed by atoms with Crippen LogP contribution in [0.5, 0.6) is 11.5 Å². The number of para-hydroxylation sites is 1. The van der Waals surface area contributed by atoms with Gasteiger partial charge in [-0.2, -0.15) is 0 Å². The van der Waals surface area contributed by atoms with Crippen molar-refractivity contribution in [2.45, 2.75) is 19.5 Å². The van der Waals surface area contributed by atoms with Crippen molar-refractivity contribution >= 4 is 21.6 Å². The van der Waals surface area contributed by atoms with Crippen LogP contribution in [0.3, 0.4) is 0 Å². The zero-order valence-electron chi connectivity index (χ0n) is 17.8. The van der Waals surface area contributed by atoms with E-state index in [1.807, 2.05) is 60.7 Å². The standard InChI is InChI=1S/C24H26N2O4S/c1-19(24(27)25(2)18-20-10-6-4-7-11-20)26(31(3,28)29)21-14-16-23(17-15-21)30-22-12-8-5-9-13-22/h4-17,19H,18H2,1-3H3/t19-/m1/s1. The quantitative estimate of drug-likeness (QED) is 0.526. The largest absolute Gasteiger partial charge is 0.457 e. The SMILES string of the molecule is C[C@H](C(=O)N(C)Cc1ccccc1)N(c1ccc(Oc2ccccc2)cc1)S(C)(=O)=O. The molecule has 0 saturated carbocycles. The number of sulfonamides is 1. The Hall–Kier alpha value is -3.32. The van der Waals surface area contributed by atoms with Crippen LogP contribution in [0.25, 0.3) is 0 Å². The topological polar surface area (TPSA) is 66.9 Å². The lowest BCUT2D eigenvalue weighted by Gasteiger charge is -2.31. The zero-order valence-corrected chi connectivity index (χ0v) is 18.6. The van der Waals surface area contributed by atoms with E-state index < -0.39 is 16.1 Å². The van der Waals surface area contributed by atoms with Gasteiger partial charge in [-0.3, -0.25) is 9.10 Å². The lowest BCUT2D eigenvalue weighted by molar-refractivity contribution is -0.131. The van der Waals surface area contributed by atoms with Gasteiger partial charge in [0.2, 0.25) is 15.9 Å². The van der Waals surface area contributed by atoms with Gasteiger partial charge in [0.05, 0.1) is 11.9 Å². The first kappa shape index (κ1) is 22.4. The van der Waals surface area contributed by atoms with Gasteiger partial charge in [-0.05, 0) is 48.9 Å². The van der Waals surface area contributed by atoms with Crippen molar-refractivity contribution in [3.8, 4) is 11.5 Å². The Kier molecular flexibility index (Phi) is 6.97. The Morgan fingerprint density at radius 3 is 1.94 bits per heavy atom. The fraction of sp³-hybridized carbons (Fsp3) is 0.208. The predicted molar refractivity (Wildman–Crippen MR) is 123 cm³/mol. The first-order valence-electron chi connectivity index (χ1n) is 9.87. The molecule has 0 bridgehead atoms. The van der Waals surface area contributed by atoms with Crippen molar-refractivity contribution in [3.05, 3.63) is 90.5 Å². The van der Waals surface area contributed by atoms with Gasteiger partial charge >= 0.3 is 0 Å². The number of hydrogen-bond donors (Lipinski definition) is 0. The minimum absolute atomic E-state index is 0.293.